The first-order valence-electron chi connectivity index (χ1n) is 11.8. The summed E-state index contributed by atoms with van der Waals surface area (Å²) >= 11 is 3.35. The second kappa shape index (κ2) is 11.4. The summed E-state index contributed by atoms with van der Waals surface area (Å²) in [4.78, 5) is 21.6. The summed E-state index contributed by atoms with van der Waals surface area (Å²) in [7, 11) is 0. The van der Waals surface area contributed by atoms with E-state index in [9.17, 15) is 18.0 Å². The predicted octanol–water partition coefficient (Wildman–Crippen LogP) is 6.65. The van der Waals surface area contributed by atoms with Crippen LogP contribution in [0.15, 0.2) is 76.8 Å². The Morgan fingerprint density at radius 3 is 2.35 bits per heavy atom. The zero-order valence-corrected chi connectivity index (χ0v) is 24.0. The summed E-state index contributed by atoms with van der Waals surface area (Å²) in [5.41, 5.74) is 4.89. The number of aryl methyl sites for hydroxylation is 2. The number of nitrogens with zero attached hydrogens (tertiary/aromatic N) is 6. The van der Waals surface area contributed by atoms with E-state index in [2.05, 4.69) is 19.9 Å². The number of hydrogen-bond acceptors (Lipinski definition) is 7. The number of carbonyl (C=O) groups is 1. The van der Waals surface area contributed by atoms with E-state index in [4.69, 9.17) is 4.99 Å². The number of amidine groups is 1. The van der Waals surface area contributed by atoms with Crippen LogP contribution >= 0.6 is 34.4 Å². The van der Waals surface area contributed by atoms with Gasteiger partial charge in [0.05, 0.1) is 23.3 Å². The third-order valence-corrected chi connectivity index (χ3v) is 7.37. The number of aliphatic imine (C=N–C) groups is 1. The molecule has 1 saturated heterocycles. The Morgan fingerprint density at radius 1 is 1.02 bits per heavy atom. The minimum Gasteiger partial charge on any atom is -0.406 e. The maximum atomic E-state index is 12.5. The predicted molar refractivity (Wildman–Crippen MR) is 156 cm³/mol. The molecule has 1 aliphatic rings. The third-order valence-electron chi connectivity index (χ3n) is 5.76. The molecule has 3 aromatic carbocycles. The first-order chi connectivity index (χ1) is 19.1. The molecule has 1 aliphatic heterocycles. The SMILES string of the molecule is Cc1cccc(C)c1N=C1SCC(=O)N1/N=C/c1ccc(-c2nc(I)n(-c3ccc(OC(F)(F)F)cc3)n2)cc1. The summed E-state index contributed by atoms with van der Waals surface area (Å²) in [6, 6.07) is 18.6. The topological polar surface area (TPSA) is 85.0 Å². The summed E-state index contributed by atoms with van der Waals surface area (Å²) < 4.78 is 43.3. The number of ether oxygens (including phenoxy) is 1. The Morgan fingerprint density at radius 2 is 1.70 bits per heavy atom. The highest BCUT2D eigenvalue weighted by atomic mass is 127. The lowest BCUT2D eigenvalue weighted by Gasteiger charge is -2.11. The number of halogens is 4. The van der Waals surface area contributed by atoms with Crippen LogP contribution in [-0.4, -0.2) is 49.2 Å². The van der Waals surface area contributed by atoms with Crippen molar-refractivity contribution >= 4 is 57.3 Å². The molecule has 0 spiro atoms. The Bertz CT molecular complexity index is 1600. The number of alkyl halides is 3. The number of rotatable bonds is 6. The zero-order valence-electron chi connectivity index (χ0n) is 21.1. The molecule has 0 saturated carbocycles. The molecule has 8 nitrogen and oxygen atoms in total. The van der Waals surface area contributed by atoms with Crippen LogP contribution < -0.4 is 4.74 Å². The average Bonchev–Trinajstić information content (AvgIpc) is 3.46. The summed E-state index contributed by atoms with van der Waals surface area (Å²) in [5.74, 6) is 0.245. The van der Waals surface area contributed by atoms with Crippen LogP contribution in [0.3, 0.4) is 0 Å². The molecule has 5 rings (SSSR count). The number of carbonyl (C=O) groups excluding carboxylic acids is 1. The molecule has 13 heteroatoms. The summed E-state index contributed by atoms with van der Waals surface area (Å²) in [6.07, 6.45) is -3.17. The van der Waals surface area contributed by atoms with Crippen molar-refractivity contribution in [2.24, 2.45) is 10.1 Å². The van der Waals surface area contributed by atoms with Crippen molar-refractivity contribution < 1.29 is 22.7 Å². The lowest BCUT2D eigenvalue weighted by molar-refractivity contribution is -0.274. The first kappa shape index (κ1) is 27.8. The second-order valence-electron chi connectivity index (χ2n) is 8.65. The van der Waals surface area contributed by atoms with Gasteiger partial charge in [0.2, 0.25) is 0 Å². The van der Waals surface area contributed by atoms with Gasteiger partial charge >= 0.3 is 6.36 Å². The molecule has 2 heterocycles. The number of benzene rings is 3. The van der Waals surface area contributed by atoms with Gasteiger partial charge in [0, 0.05) is 28.2 Å². The van der Waals surface area contributed by atoms with E-state index in [0.29, 0.717) is 20.5 Å². The third kappa shape index (κ3) is 6.36. The van der Waals surface area contributed by atoms with Crippen molar-refractivity contribution in [2.45, 2.75) is 20.2 Å². The molecule has 204 valence electrons. The molecule has 0 unspecified atom stereocenters. The minimum absolute atomic E-state index is 0.148. The number of hydrazone groups is 1. The van der Waals surface area contributed by atoms with Crippen LogP contribution in [-0.2, 0) is 4.79 Å². The summed E-state index contributed by atoms with van der Waals surface area (Å²) in [6.45, 7) is 3.95. The zero-order chi connectivity index (χ0) is 28.4. The molecule has 1 aromatic heterocycles. The second-order valence-corrected chi connectivity index (χ2v) is 10.6. The average molecular weight is 676 g/mol. The fourth-order valence-electron chi connectivity index (χ4n) is 3.84. The van der Waals surface area contributed by atoms with Gasteiger partial charge in [-0.15, -0.1) is 18.3 Å². The van der Waals surface area contributed by atoms with E-state index in [0.717, 1.165) is 27.9 Å². The van der Waals surface area contributed by atoms with Gasteiger partial charge in [0.15, 0.2) is 14.8 Å². The van der Waals surface area contributed by atoms with E-state index in [1.54, 1.807) is 6.21 Å². The minimum atomic E-state index is -4.76. The molecule has 4 aromatic rings. The largest absolute Gasteiger partial charge is 0.573 e. The van der Waals surface area contributed by atoms with E-state index in [1.165, 1.54) is 45.7 Å². The van der Waals surface area contributed by atoms with Gasteiger partial charge in [-0.1, -0.05) is 54.2 Å². The van der Waals surface area contributed by atoms with E-state index in [-0.39, 0.29) is 17.4 Å². The van der Waals surface area contributed by atoms with E-state index < -0.39 is 6.36 Å². The first-order valence-corrected chi connectivity index (χ1v) is 13.9. The Hall–Kier alpha value is -3.72. The van der Waals surface area contributed by atoms with Gasteiger partial charge < -0.3 is 4.74 Å². The van der Waals surface area contributed by atoms with Gasteiger partial charge in [-0.3, -0.25) is 4.79 Å². The van der Waals surface area contributed by atoms with Crippen LogP contribution in [0.5, 0.6) is 5.75 Å². The highest BCUT2D eigenvalue weighted by Gasteiger charge is 2.31. The van der Waals surface area contributed by atoms with Crippen LogP contribution in [0.1, 0.15) is 16.7 Å². The van der Waals surface area contributed by atoms with E-state index in [1.807, 2.05) is 78.9 Å². The van der Waals surface area contributed by atoms with E-state index >= 15 is 0 Å². The smallest absolute Gasteiger partial charge is 0.406 e. The quantitative estimate of drug-likeness (QED) is 0.169. The molecule has 1 fully saturated rings. The normalized spacial score (nSPS) is 15.0. The lowest BCUT2D eigenvalue weighted by atomic mass is 10.1. The Kier molecular flexibility index (Phi) is 7.94. The monoisotopic (exact) mass is 676 g/mol. The summed E-state index contributed by atoms with van der Waals surface area (Å²) in [5, 5.41) is 10.7. The fourth-order valence-corrected chi connectivity index (χ4v) is 5.25. The van der Waals surface area contributed by atoms with Crippen molar-refractivity contribution in [3.8, 4) is 22.8 Å². The molecule has 0 bridgehead atoms. The molecule has 0 aliphatic carbocycles. The number of para-hydroxylation sites is 1. The van der Waals surface area contributed by atoms with Crippen molar-refractivity contribution in [1.82, 2.24) is 19.8 Å². The highest BCUT2D eigenvalue weighted by Crippen LogP contribution is 2.29. The number of amides is 1. The molecule has 1 amide bonds. The van der Waals surface area contributed by atoms with Crippen molar-refractivity contribution in [1.29, 1.82) is 0 Å². The molecule has 0 radical (unpaired) electrons. The molecule has 0 N–H and O–H groups in total. The van der Waals surface area contributed by atoms with Crippen molar-refractivity contribution in [3.05, 3.63) is 87.3 Å². The van der Waals surface area contributed by atoms with Crippen LogP contribution in [0, 0.1) is 17.7 Å². The Labute approximate surface area is 245 Å². The van der Waals surface area contributed by atoms with Crippen molar-refractivity contribution in [3.63, 3.8) is 0 Å². The van der Waals surface area contributed by atoms with Crippen LogP contribution in [0.2, 0.25) is 0 Å². The van der Waals surface area contributed by atoms with Crippen LogP contribution in [0.4, 0.5) is 18.9 Å². The molecular formula is C27H20F3IN6O2S. The lowest BCUT2D eigenvalue weighted by Crippen LogP contribution is -2.23. The van der Waals surface area contributed by atoms with Gasteiger partial charge in [-0.05, 0) is 54.8 Å². The highest BCUT2D eigenvalue weighted by molar-refractivity contribution is 14.1. The van der Waals surface area contributed by atoms with Crippen LogP contribution in [0.25, 0.3) is 17.1 Å². The van der Waals surface area contributed by atoms with Gasteiger partial charge in [0.25, 0.3) is 5.91 Å². The molecule has 40 heavy (non-hydrogen) atoms. The number of hydrogen-bond donors (Lipinski definition) is 0. The van der Waals surface area contributed by atoms with Gasteiger partial charge in [-0.2, -0.15) is 10.1 Å². The number of aromatic nitrogens is 3. The van der Waals surface area contributed by atoms with Gasteiger partial charge in [-0.25, -0.2) is 14.7 Å². The number of thioether (sulfide) groups is 1. The maximum Gasteiger partial charge on any atom is 0.573 e. The van der Waals surface area contributed by atoms with Gasteiger partial charge in [0.1, 0.15) is 5.75 Å². The Balaban J connectivity index is 1.32. The van der Waals surface area contributed by atoms with Crippen molar-refractivity contribution in [2.75, 3.05) is 5.75 Å². The maximum absolute atomic E-state index is 12.5. The fraction of sp³-hybridized carbons (Fsp3) is 0.148. The molecular weight excluding hydrogens is 656 g/mol. The standard InChI is InChI=1S/C27H20F3IN6O2S/c1-16-4-3-5-17(2)23(16)33-26-37(22(38)15-40-26)32-14-18-6-8-19(9-7-18)24-34-25(31)36(35-24)20-10-12-21(13-11-20)39-27(28,29)30/h3-14H,15H2,1-2H3/b32-14+,33-26?. The molecule has 0 atom stereocenters.